The van der Waals surface area contributed by atoms with E-state index >= 15 is 0 Å². The van der Waals surface area contributed by atoms with Crippen molar-refractivity contribution < 1.29 is 61.9 Å². The lowest BCUT2D eigenvalue weighted by molar-refractivity contribution is -0.289. The summed E-state index contributed by atoms with van der Waals surface area (Å²) in [5, 5.41) is 11.7. The summed E-state index contributed by atoms with van der Waals surface area (Å²) < 4.78 is 38.4. The molecule has 228 valence electrons. The highest BCUT2D eigenvalue weighted by atomic mass is 16.7. The van der Waals surface area contributed by atoms with Gasteiger partial charge in [-0.2, -0.15) is 5.26 Å². The van der Waals surface area contributed by atoms with Crippen LogP contribution >= 0.6 is 0 Å². The number of carbonyl (C=O) groups is 6. The fraction of sp³-hybridized carbons (Fsp3) is 0.519. The number of hydrogen-bond donors (Lipinski definition) is 1. The average molecular weight is 593 g/mol. The number of amides is 1. The Kier molecular flexibility index (Phi) is 11.8. The topological polar surface area (TPSA) is 203 Å². The molecule has 0 radical (unpaired) electrons. The summed E-state index contributed by atoms with van der Waals surface area (Å²) in [6, 6.07) is 6.16. The summed E-state index contributed by atoms with van der Waals surface area (Å²) in [4.78, 5) is 73.6. The lowest BCUT2D eigenvalue weighted by Gasteiger charge is -2.48. The fourth-order valence-electron chi connectivity index (χ4n) is 4.29. The third kappa shape index (κ3) is 9.16. The van der Waals surface area contributed by atoms with Crippen LogP contribution in [0.5, 0.6) is 5.75 Å². The van der Waals surface area contributed by atoms with Crippen molar-refractivity contribution in [2.24, 2.45) is 0 Å². The standard InChI is InChI=1S/C27H32N2O13/c1-14(30)29-23-21(38-16(3)32)11-27(26(35)36-6,41-20-9-7-19(12-28)8-10-20)42-25(23)24(40-18(5)34)22(39-17(4)33)13-37-15(2)31/h7-10,21-25H,11,13H2,1-6H3,(H,29,30)/t21-,22+,23+,24+,25+,27?/m0/s1. The van der Waals surface area contributed by atoms with E-state index in [9.17, 15) is 28.8 Å². The maximum atomic E-state index is 13.3. The van der Waals surface area contributed by atoms with Gasteiger partial charge in [-0.05, 0) is 24.3 Å². The second-order valence-corrected chi connectivity index (χ2v) is 9.17. The van der Waals surface area contributed by atoms with Gasteiger partial charge in [-0.3, -0.25) is 24.0 Å². The van der Waals surface area contributed by atoms with Gasteiger partial charge in [0.05, 0.1) is 31.2 Å². The number of esters is 5. The molecule has 6 atom stereocenters. The fourth-order valence-corrected chi connectivity index (χ4v) is 4.29. The second-order valence-electron chi connectivity index (χ2n) is 9.17. The maximum absolute atomic E-state index is 13.3. The van der Waals surface area contributed by atoms with Crippen molar-refractivity contribution in [3.8, 4) is 11.8 Å². The van der Waals surface area contributed by atoms with Gasteiger partial charge in [0.15, 0.2) is 12.2 Å². The summed E-state index contributed by atoms with van der Waals surface area (Å²) >= 11 is 0. The van der Waals surface area contributed by atoms with E-state index in [2.05, 4.69) is 5.32 Å². The Balaban J connectivity index is 2.78. The van der Waals surface area contributed by atoms with Crippen LogP contribution in [0.2, 0.25) is 0 Å². The third-order valence-corrected chi connectivity index (χ3v) is 5.76. The molecule has 1 saturated heterocycles. The monoisotopic (exact) mass is 592 g/mol. The van der Waals surface area contributed by atoms with E-state index < -0.39 is 85.0 Å². The van der Waals surface area contributed by atoms with Gasteiger partial charge in [0.1, 0.15) is 24.6 Å². The second kappa shape index (κ2) is 14.8. The van der Waals surface area contributed by atoms with Crippen molar-refractivity contribution in [2.45, 2.75) is 77.3 Å². The molecule has 1 aromatic carbocycles. The summed E-state index contributed by atoms with van der Waals surface area (Å²) in [5.74, 6) is -7.45. The molecule has 1 aliphatic heterocycles. The van der Waals surface area contributed by atoms with Crippen LogP contribution in [0.4, 0.5) is 0 Å². The van der Waals surface area contributed by atoms with Gasteiger partial charge in [-0.15, -0.1) is 0 Å². The predicted octanol–water partition coefficient (Wildman–Crippen LogP) is 0.458. The van der Waals surface area contributed by atoms with Gasteiger partial charge in [-0.25, -0.2) is 4.79 Å². The largest absolute Gasteiger partial charge is 0.464 e. The van der Waals surface area contributed by atoms with Crippen LogP contribution in [-0.2, 0) is 57.2 Å². The van der Waals surface area contributed by atoms with E-state index in [0.717, 1.165) is 41.7 Å². The Morgan fingerprint density at radius 1 is 0.976 bits per heavy atom. The molecule has 1 heterocycles. The molecule has 15 heteroatoms. The number of methoxy groups -OCH3 is 1. The van der Waals surface area contributed by atoms with E-state index in [-0.39, 0.29) is 11.3 Å². The summed E-state index contributed by atoms with van der Waals surface area (Å²) in [6.45, 7) is 4.78. The van der Waals surface area contributed by atoms with Crippen LogP contribution in [-0.4, -0.2) is 85.7 Å². The number of nitrogens with zero attached hydrogens (tertiary/aromatic N) is 1. The molecule has 1 unspecified atom stereocenters. The number of nitriles is 1. The Hall–Kier alpha value is -4.71. The molecule has 1 fully saturated rings. The molecule has 15 nitrogen and oxygen atoms in total. The molecule has 1 amide bonds. The van der Waals surface area contributed by atoms with Crippen molar-refractivity contribution in [1.29, 1.82) is 5.26 Å². The lowest BCUT2D eigenvalue weighted by Crippen LogP contribution is -2.70. The molecular formula is C27H32N2O13. The van der Waals surface area contributed by atoms with Crippen LogP contribution < -0.4 is 10.1 Å². The zero-order chi connectivity index (χ0) is 31.6. The number of hydrogen-bond acceptors (Lipinski definition) is 14. The van der Waals surface area contributed by atoms with Crippen molar-refractivity contribution in [1.82, 2.24) is 5.32 Å². The molecule has 42 heavy (non-hydrogen) atoms. The molecule has 1 N–H and O–H groups in total. The number of carbonyl (C=O) groups excluding carboxylic acids is 6. The summed E-state index contributed by atoms with van der Waals surface area (Å²) in [7, 11) is 1.04. The lowest BCUT2D eigenvalue weighted by atomic mass is 9.88. The highest BCUT2D eigenvalue weighted by molar-refractivity contribution is 5.79. The summed E-state index contributed by atoms with van der Waals surface area (Å²) in [5.41, 5.74) is 0.282. The van der Waals surface area contributed by atoms with E-state index in [4.69, 9.17) is 38.4 Å². The van der Waals surface area contributed by atoms with Gasteiger partial charge in [-0.1, -0.05) is 0 Å². The van der Waals surface area contributed by atoms with Crippen molar-refractivity contribution in [2.75, 3.05) is 13.7 Å². The van der Waals surface area contributed by atoms with Crippen LogP contribution in [0.1, 0.15) is 46.6 Å². The van der Waals surface area contributed by atoms with Gasteiger partial charge in [0.25, 0.3) is 0 Å². The first-order valence-corrected chi connectivity index (χ1v) is 12.6. The van der Waals surface area contributed by atoms with Crippen molar-refractivity contribution >= 4 is 35.8 Å². The molecular weight excluding hydrogens is 560 g/mol. The minimum atomic E-state index is -2.40. The number of benzene rings is 1. The van der Waals surface area contributed by atoms with E-state index in [1.165, 1.54) is 24.3 Å². The molecule has 1 aromatic rings. The molecule has 0 bridgehead atoms. The first kappa shape index (κ1) is 33.5. The van der Waals surface area contributed by atoms with Gasteiger partial charge >= 0.3 is 35.6 Å². The molecule has 0 saturated carbocycles. The number of rotatable bonds is 11. The van der Waals surface area contributed by atoms with Crippen LogP contribution in [0, 0.1) is 11.3 Å². The van der Waals surface area contributed by atoms with Gasteiger partial charge < -0.3 is 38.5 Å². The molecule has 0 spiro atoms. The molecule has 1 aliphatic rings. The zero-order valence-corrected chi connectivity index (χ0v) is 23.9. The minimum Gasteiger partial charge on any atom is -0.464 e. The number of ether oxygens (including phenoxy) is 7. The summed E-state index contributed by atoms with van der Waals surface area (Å²) in [6.07, 6.45) is -6.75. The van der Waals surface area contributed by atoms with E-state index in [1.54, 1.807) is 0 Å². The van der Waals surface area contributed by atoms with E-state index in [0.29, 0.717) is 0 Å². The van der Waals surface area contributed by atoms with Crippen LogP contribution in [0.15, 0.2) is 24.3 Å². The smallest absolute Gasteiger partial charge is 0.379 e. The highest BCUT2D eigenvalue weighted by Crippen LogP contribution is 2.38. The predicted molar refractivity (Wildman–Crippen MR) is 137 cm³/mol. The minimum absolute atomic E-state index is 0.0261. The Bertz CT molecular complexity index is 1230. The van der Waals surface area contributed by atoms with Crippen LogP contribution in [0.3, 0.4) is 0 Å². The van der Waals surface area contributed by atoms with Crippen molar-refractivity contribution in [3.63, 3.8) is 0 Å². The molecule has 0 aliphatic carbocycles. The zero-order valence-electron chi connectivity index (χ0n) is 23.9. The number of nitrogens with one attached hydrogen (secondary N) is 1. The Morgan fingerprint density at radius 3 is 2.07 bits per heavy atom. The Labute approximate surface area is 241 Å². The highest BCUT2D eigenvalue weighted by Gasteiger charge is 2.60. The van der Waals surface area contributed by atoms with E-state index in [1.807, 2.05) is 6.07 Å². The third-order valence-electron chi connectivity index (χ3n) is 5.76. The Morgan fingerprint density at radius 2 is 1.60 bits per heavy atom. The molecule has 2 rings (SSSR count). The first-order chi connectivity index (χ1) is 19.7. The normalized spacial score (nSPS) is 22.6. The van der Waals surface area contributed by atoms with Crippen LogP contribution in [0.25, 0.3) is 0 Å². The van der Waals surface area contributed by atoms with Crippen molar-refractivity contribution in [3.05, 3.63) is 29.8 Å². The SMILES string of the molecule is COC(=O)C1(Oc2ccc(C#N)cc2)C[C@H](OC(C)=O)[C@@H](NC(C)=O)[C@H]([C@H](OC(C)=O)[C@@H](COC(C)=O)OC(C)=O)O1. The first-order valence-electron chi connectivity index (χ1n) is 12.6. The molecule has 0 aromatic heterocycles. The maximum Gasteiger partial charge on any atom is 0.379 e. The van der Waals surface area contributed by atoms with Gasteiger partial charge in [0, 0.05) is 34.6 Å². The van der Waals surface area contributed by atoms with Gasteiger partial charge in [0.2, 0.25) is 5.91 Å². The quantitative estimate of drug-likeness (QED) is 0.274. The average Bonchev–Trinajstić information content (AvgIpc) is 2.90.